The normalized spacial score (nSPS) is 37.2. The van der Waals surface area contributed by atoms with E-state index in [2.05, 4.69) is 40.1 Å². The van der Waals surface area contributed by atoms with Gasteiger partial charge < -0.3 is 5.32 Å². The quantitative estimate of drug-likeness (QED) is 0.636. The van der Waals surface area contributed by atoms with Gasteiger partial charge in [0.05, 0.1) is 0 Å². The molecule has 72 valence electrons. The molecule has 0 spiro atoms. The maximum absolute atomic E-state index is 3.39. The van der Waals surface area contributed by atoms with Crippen molar-refractivity contribution >= 4 is 0 Å². The predicted molar refractivity (Wildman–Crippen MR) is 54.3 cm³/mol. The van der Waals surface area contributed by atoms with E-state index in [0.717, 1.165) is 6.04 Å². The largest absolute Gasteiger partial charge is 0.317 e. The molecule has 2 unspecified atom stereocenters. The van der Waals surface area contributed by atoms with E-state index in [1.54, 1.807) is 0 Å². The first-order valence-corrected chi connectivity index (χ1v) is 5.06. The molecule has 1 fully saturated rings. The molecule has 2 atom stereocenters. The Morgan fingerprint density at radius 3 is 2.17 bits per heavy atom. The molecule has 0 saturated heterocycles. The Labute approximate surface area is 76.9 Å². The third-order valence-corrected chi connectivity index (χ3v) is 3.96. The predicted octanol–water partition coefficient (Wildman–Crippen LogP) is 2.81. The van der Waals surface area contributed by atoms with E-state index < -0.39 is 0 Å². The molecule has 1 nitrogen and oxygen atoms in total. The Hall–Kier alpha value is -0.0400. The van der Waals surface area contributed by atoms with E-state index in [1.807, 2.05) is 0 Å². The lowest BCUT2D eigenvalue weighted by atomic mass is 9.67. The van der Waals surface area contributed by atoms with Crippen molar-refractivity contribution in [2.45, 2.75) is 53.0 Å². The molecule has 0 aromatic carbocycles. The number of hydrogen-bond acceptors (Lipinski definition) is 1. The van der Waals surface area contributed by atoms with E-state index >= 15 is 0 Å². The van der Waals surface area contributed by atoms with Gasteiger partial charge in [-0.15, -0.1) is 0 Å². The fourth-order valence-electron chi connectivity index (χ4n) is 2.17. The van der Waals surface area contributed by atoms with Crippen molar-refractivity contribution in [3.05, 3.63) is 0 Å². The van der Waals surface area contributed by atoms with Gasteiger partial charge in [-0.1, -0.05) is 27.7 Å². The van der Waals surface area contributed by atoms with Crippen LogP contribution in [-0.4, -0.2) is 13.1 Å². The second-order valence-corrected chi connectivity index (χ2v) is 5.54. The minimum atomic E-state index is 0.457. The maximum Gasteiger partial charge on any atom is 0.00696 e. The Morgan fingerprint density at radius 1 is 1.33 bits per heavy atom. The van der Waals surface area contributed by atoms with E-state index in [1.165, 1.54) is 19.3 Å². The Bertz CT molecular complexity index is 157. The summed E-state index contributed by atoms with van der Waals surface area (Å²) in [4.78, 5) is 0. The highest BCUT2D eigenvalue weighted by molar-refractivity contribution is 4.95. The molecule has 0 radical (unpaired) electrons. The van der Waals surface area contributed by atoms with Gasteiger partial charge in [0.1, 0.15) is 0 Å². The molecule has 12 heavy (non-hydrogen) atoms. The van der Waals surface area contributed by atoms with Gasteiger partial charge in [-0.05, 0) is 37.1 Å². The lowest BCUT2D eigenvalue weighted by Crippen LogP contribution is -2.32. The van der Waals surface area contributed by atoms with Crippen LogP contribution in [0.5, 0.6) is 0 Å². The number of nitrogens with one attached hydrogen (secondary N) is 1. The van der Waals surface area contributed by atoms with Crippen LogP contribution in [0.3, 0.4) is 0 Å². The third-order valence-electron chi connectivity index (χ3n) is 3.96. The van der Waals surface area contributed by atoms with Crippen molar-refractivity contribution in [2.24, 2.45) is 10.8 Å². The first-order valence-electron chi connectivity index (χ1n) is 5.06. The summed E-state index contributed by atoms with van der Waals surface area (Å²) in [6.45, 7) is 9.53. The van der Waals surface area contributed by atoms with Crippen molar-refractivity contribution in [3.63, 3.8) is 0 Å². The van der Waals surface area contributed by atoms with Crippen LogP contribution in [0.2, 0.25) is 0 Å². The van der Waals surface area contributed by atoms with Gasteiger partial charge >= 0.3 is 0 Å². The van der Waals surface area contributed by atoms with E-state index in [-0.39, 0.29) is 0 Å². The number of hydrogen-bond donors (Lipinski definition) is 1. The third kappa shape index (κ3) is 1.66. The summed E-state index contributed by atoms with van der Waals surface area (Å²) in [7, 11) is 2.08. The van der Waals surface area contributed by atoms with Crippen molar-refractivity contribution < 1.29 is 0 Å². The van der Waals surface area contributed by atoms with Gasteiger partial charge in [-0.3, -0.25) is 0 Å². The van der Waals surface area contributed by atoms with E-state index in [4.69, 9.17) is 0 Å². The second-order valence-electron chi connectivity index (χ2n) is 5.54. The summed E-state index contributed by atoms with van der Waals surface area (Å²) < 4.78 is 0. The van der Waals surface area contributed by atoms with E-state index in [9.17, 15) is 0 Å². The van der Waals surface area contributed by atoms with Gasteiger partial charge in [0, 0.05) is 6.04 Å². The maximum atomic E-state index is 3.39. The van der Waals surface area contributed by atoms with Gasteiger partial charge in [0.2, 0.25) is 0 Å². The Balaban J connectivity index is 2.64. The zero-order valence-electron chi connectivity index (χ0n) is 9.20. The van der Waals surface area contributed by atoms with Crippen LogP contribution in [0.1, 0.15) is 47.0 Å². The zero-order valence-corrected chi connectivity index (χ0v) is 9.20. The molecule has 0 aromatic rings. The highest BCUT2D eigenvalue weighted by atomic mass is 14.9. The van der Waals surface area contributed by atoms with E-state index in [0.29, 0.717) is 10.8 Å². The SMILES string of the molecule is CNC1CCC(C)(C(C)(C)C)C1. The first-order chi connectivity index (χ1) is 5.39. The number of rotatable bonds is 1. The summed E-state index contributed by atoms with van der Waals surface area (Å²) in [5.41, 5.74) is 0.999. The van der Waals surface area contributed by atoms with Gasteiger partial charge in [-0.25, -0.2) is 0 Å². The van der Waals surface area contributed by atoms with Gasteiger partial charge in [0.15, 0.2) is 0 Å². The summed E-state index contributed by atoms with van der Waals surface area (Å²) in [5.74, 6) is 0. The van der Waals surface area contributed by atoms with Crippen LogP contribution >= 0.6 is 0 Å². The fourth-order valence-corrected chi connectivity index (χ4v) is 2.17. The zero-order chi connectivity index (χ0) is 9.41. The van der Waals surface area contributed by atoms with Crippen LogP contribution in [0.25, 0.3) is 0 Å². The molecule has 1 heteroatoms. The molecule has 0 amide bonds. The molecule has 1 saturated carbocycles. The van der Waals surface area contributed by atoms with Crippen molar-refractivity contribution in [3.8, 4) is 0 Å². The summed E-state index contributed by atoms with van der Waals surface area (Å²) in [6, 6.07) is 0.759. The van der Waals surface area contributed by atoms with Gasteiger partial charge in [-0.2, -0.15) is 0 Å². The molecule has 1 rings (SSSR count). The molecule has 1 aliphatic carbocycles. The van der Waals surface area contributed by atoms with Crippen LogP contribution in [0.4, 0.5) is 0 Å². The molecular formula is C11H23N. The topological polar surface area (TPSA) is 12.0 Å². The lowest BCUT2D eigenvalue weighted by molar-refractivity contribution is 0.114. The van der Waals surface area contributed by atoms with Crippen LogP contribution in [-0.2, 0) is 0 Å². The second kappa shape index (κ2) is 3.02. The van der Waals surface area contributed by atoms with Crippen LogP contribution in [0.15, 0.2) is 0 Å². The summed E-state index contributed by atoms with van der Waals surface area (Å²) in [6.07, 6.45) is 4.07. The molecule has 1 N–H and O–H groups in total. The lowest BCUT2D eigenvalue weighted by Gasteiger charge is -2.39. The molecule has 1 aliphatic rings. The monoisotopic (exact) mass is 169 g/mol. The highest BCUT2D eigenvalue weighted by Gasteiger charge is 2.42. The first kappa shape index (κ1) is 10.0. The Kier molecular flexibility index (Phi) is 2.53. The highest BCUT2D eigenvalue weighted by Crippen LogP contribution is 2.50. The summed E-state index contributed by atoms with van der Waals surface area (Å²) in [5, 5.41) is 3.39. The fraction of sp³-hybridized carbons (Fsp3) is 1.00. The molecule has 0 aromatic heterocycles. The Morgan fingerprint density at radius 2 is 1.92 bits per heavy atom. The van der Waals surface area contributed by atoms with Crippen molar-refractivity contribution in [1.29, 1.82) is 0 Å². The average Bonchev–Trinajstić information content (AvgIpc) is 2.31. The molecule has 0 bridgehead atoms. The average molecular weight is 169 g/mol. The van der Waals surface area contributed by atoms with Gasteiger partial charge in [0.25, 0.3) is 0 Å². The minimum Gasteiger partial charge on any atom is -0.317 e. The molecular weight excluding hydrogens is 146 g/mol. The van der Waals surface area contributed by atoms with Crippen molar-refractivity contribution in [2.75, 3.05) is 7.05 Å². The summed E-state index contributed by atoms with van der Waals surface area (Å²) >= 11 is 0. The standard InChI is InChI=1S/C11H23N/c1-10(2,3)11(4)7-6-9(8-11)12-5/h9,12H,6-8H2,1-5H3. The smallest absolute Gasteiger partial charge is 0.00696 e. The minimum absolute atomic E-state index is 0.457. The molecule has 0 heterocycles. The van der Waals surface area contributed by atoms with Crippen LogP contribution in [0, 0.1) is 10.8 Å². The van der Waals surface area contributed by atoms with Crippen LogP contribution < -0.4 is 5.32 Å². The molecule has 0 aliphatic heterocycles. The van der Waals surface area contributed by atoms with Crippen molar-refractivity contribution in [1.82, 2.24) is 5.32 Å².